The molecule has 12 heavy (non-hydrogen) atoms. The predicted molar refractivity (Wildman–Crippen MR) is 32.4 cm³/mol. The van der Waals surface area contributed by atoms with Crippen molar-refractivity contribution in [3.63, 3.8) is 0 Å². The summed E-state index contributed by atoms with van der Waals surface area (Å²) in [7, 11) is 0. The summed E-state index contributed by atoms with van der Waals surface area (Å²) in [5, 5.41) is 10.00. The van der Waals surface area contributed by atoms with Gasteiger partial charge in [-0.3, -0.25) is 0 Å². The van der Waals surface area contributed by atoms with E-state index < -0.39 is 12.0 Å². The van der Waals surface area contributed by atoms with Gasteiger partial charge in [0.15, 0.2) is 0 Å². The average Bonchev–Trinajstić information content (AvgIpc) is 1.63. The number of aliphatic carboxylic acids is 1. The molecule has 0 aliphatic heterocycles. The standard InChI is InChI=1S/C6H13NO2.ClH.2Na/c1-4(2)3-5(7)6(8)9;;;/h4-5H,3,7H2,1-2H3,(H,8,9);1H;;/q;;2*+1/p-2/t5-;;;/m0.../s1. The monoisotopic (exact) mass is 211 g/mol. The van der Waals surface area contributed by atoms with Gasteiger partial charge in [-0.2, -0.15) is 0 Å². The van der Waals surface area contributed by atoms with Gasteiger partial charge in [-0.1, -0.05) is 13.8 Å². The number of carbonyl (C=O) groups is 1. The summed E-state index contributed by atoms with van der Waals surface area (Å²) in [6, 6.07) is -0.801. The largest absolute Gasteiger partial charge is 1.00 e. The molecule has 0 rings (SSSR count). The van der Waals surface area contributed by atoms with Gasteiger partial charge in [-0.25, -0.2) is 0 Å². The molecule has 0 saturated carbocycles. The SMILES string of the molecule is CC(C)C[C@H](N)C(=O)[O-].[Cl-].[Na+].[Na+]. The van der Waals surface area contributed by atoms with Crippen molar-refractivity contribution in [2.75, 3.05) is 0 Å². The van der Waals surface area contributed by atoms with Crippen molar-refractivity contribution in [3.8, 4) is 0 Å². The quantitative estimate of drug-likeness (QED) is 0.472. The van der Waals surface area contributed by atoms with Crippen molar-refractivity contribution >= 4 is 5.97 Å². The average molecular weight is 212 g/mol. The van der Waals surface area contributed by atoms with Crippen molar-refractivity contribution in [2.45, 2.75) is 26.3 Å². The number of carboxylic acid groups (broad SMARTS) is 1. The van der Waals surface area contributed by atoms with Crippen LogP contribution in [0, 0.1) is 5.92 Å². The molecule has 6 heteroatoms. The van der Waals surface area contributed by atoms with Crippen molar-refractivity contribution in [1.82, 2.24) is 0 Å². The minimum atomic E-state index is -1.16. The minimum Gasteiger partial charge on any atom is -1.00 e. The Hall–Kier alpha value is 1.72. The third-order valence-corrected chi connectivity index (χ3v) is 1.03. The first kappa shape index (κ1) is 23.5. The van der Waals surface area contributed by atoms with E-state index in [1.165, 1.54) is 0 Å². The van der Waals surface area contributed by atoms with Crippen molar-refractivity contribution in [3.05, 3.63) is 0 Å². The second kappa shape index (κ2) is 12.7. The Morgan fingerprint density at radius 2 is 1.75 bits per heavy atom. The van der Waals surface area contributed by atoms with E-state index in [1.807, 2.05) is 13.8 Å². The molecule has 0 aliphatic carbocycles. The van der Waals surface area contributed by atoms with E-state index in [2.05, 4.69) is 0 Å². The third kappa shape index (κ3) is 14.3. The van der Waals surface area contributed by atoms with E-state index in [0.717, 1.165) is 0 Å². The van der Waals surface area contributed by atoms with Gasteiger partial charge < -0.3 is 28.0 Å². The molecular weight excluding hydrogens is 200 g/mol. The van der Waals surface area contributed by atoms with Crippen LogP contribution >= 0.6 is 0 Å². The van der Waals surface area contributed by atoms with Crippen LogP contribution in [0.5, 0.6) is 0 Å². The molecule has 0 unspecified atom stereocenters. The Kier molecular flexibility index (Phi) is 24.9. The number of halogens is 1. The molecule has 0 aliphatic rings. The maximum absolute atomic E-state index is 10.00. The number of hydrogen-bond acceptors (Lipinski definition) is 3. The normalized spacial score (nSPS) is 10.3. The van der Waals surface area contributed by atoms with Gasteiger partial charge in [0.2, 0.25) is 0 Å². The molecule has 0 saturated heterocycles. The Morgan fingerprint density at radius 1 is 1.42 bits per heavy atom. The summed E-state index contributed by atoms with van der Waals surface area (Å²) in [6.07, 6.45) is 0.488. The number of carbonyl (C=O) groups excluding carboxylic acids is 1. The van der Waals surface area contributed by atoms with E-state index in [0.29, 0.717) is 12.3 Å². The molecule has 0 amide bonds. The molecule has 1 atom stereocenters. The van der Waals surface area contributed by atoms with Gasteiger partial charge in [-0.15, -0.1) is 0 Å². The van der Waals surface area contributed by atoms with Crippen molar-refractivity contribution in [2.24, 2.45) is 11.7 Å². The van der Waals surface area contributed by atoms with E-state index in [9.17, 15) is 9.90 Å². The van der Waals surface area contributed by atoms with Gasteiger partial charge >= 0.3 is 59.1 Å². The van der Waals surface area contributed by atoms with Crippen LogP contribution < -0.4 is 82.4 Å². The fourth-order valence-corrected chi connectivity index (χ4v) is 0.604. The first-order valence-electron chi connectivity index (χ1n) is 3.00. The van der Waals surface area contributed by atoms with Gasteiger partial charge in [0.1, 0.15) is 0 Å². The van der Waals surface area contributed by atoms with Gasteiger partial charge in [0.05, 0.1) is 5.97 Å². The smallest absolute Gasteiger partial charge is 1.00 e. The van der Waals surface area contributed by atoms with Crippen LogP contribution in [-0.2, 0) is 4.79 Å². The molecule has 0 radical (unpaired) electrons. The number of carboxylic acids is 1. The minimum absolute atomic E-state index is 0. The maximum Gasteiger partial charge on any atom is 1.00 e. The Balaban J connectivity index is -0.000000107. The molecule has 0 aromatic carbocycles. The van der Waals surface area contributed by atoms with E-state index in [4.69, 9.17) is 5.73 Å². The molecule has 62 valence electrons. The van der Waals surface area contributed by atoms with Gasteiger partial charge in [0, 0.05) is 6.04 Å². The van der Waals surface area contributed by atoms with Crippen LogP contribution in [0.3, 0.4) is 0 Å². The van der Waals surface area contributed by atoms with Gasteiger partial charge in [-0.05, 0) is 12.3 Å². The summed E-state index contributed by atoms with van der Waals surface area (Å²) >= 11 is 0. The zero-order chi connectivity index (χ0) is 7.44. The van der Waals surface area contributed by atoms with E-state index in [-0.39, 0.29) is 71.5 Å². The molecule has 0 heterocycles. The van der Waals surface area contributed by atoms with E-state index in [1.54, 1.807) is 0 Å². The van der Waals surface area contributed by atoms with E-state index >= 15 is 0 Å². The summed E-state index contributed by atoms with van der Waals surface area (Å²) < 4.78 is 0. The van der Waals surface area contributed by atoms with Gasteiger partial charge in [0.25, 0.3) is 0 Å². The fraction of sp³-hybridized carbons (Fsp3) is 0.833. The van der Waals surface area contributed by atoms with Crippen LogP contribution in [0.15, 0.2) is 0 Å². The number of nitrogens with two attached hydrogens (primary N) is 1. The molecule has 2 N–H and O–H groups in total. The Bertz CT molecular complexity index is 114. The van der Waals surface area contributed by atoms with Crippen LogP contribution in [0.25, 0.3) is 0 Å². The van der Waals surface area contributed by atoms with Crippen LogP contribution in [0.4, 0.5) is 0 Å². The maximum atomic E-state index is 10.00. The second-order valence-electron chi connectivity index (χ2n) is 2.56. The van der Waals surface area contributed by atoms with Crippen LogP contribution in [-0.4, -0.2) is 12.0 Å². The molecule has 0 spiro atoms. The van der Waals surface area contributed by atoms with Crippen molar-refractivity contribution in [1.29, 1.82) is 0 Å². The first-order chi connectivity index (χ1) is 4.04. The number of hydrogen-bond donors (Lipinski definition) is 1. The topological polar surface area (TPSA) is 66.2 Å². The molecule has 0 fully saturated rings. The zero-order valence-corrected chi connectivity index (χ0v) is 12.9. The summed E-state index contributed by atoms with van der Waals surface area (Å²) in [5.41, 5.74) is 5.16. The van der Waals surface area contributed by atoms with Crippen LogP contribution in [0.1, 0.15) is 20.3 Å². The molecule has 0 bridgehead atoms. The summed E-state index contributed by atoms with van der Waals surface area (Å²) in [5.74, 6) is -0.846. The van der Waals surface area contributed by atoms with Crippen LogP contribution in [0.2, 0.25) is 0 Å². The Morgan fingerprint density at radius 3 is 1.83 bits per heavy atom. The molecule has 3 nitrogen and oxygen atoms in total. The third-order valence-electron chi connectivity index (χ3n) is 1.03. The Labute approximate surface area is 124 Å². The summed E-state index contributed by atoms with van der Waals surface area (Å²) in [6.45, 7) is 3.84. The second-order valence-corrected chi connectivity index (χ2v) is 2.56. The van der Waals surface area contributed by atoms with Crippen molar-refractivity contribution < 1.29 is 81.4 Å². The fourth-order valence-electron chi connectivity index (χ4n) is 0.604. The zero-order valence-electron chi connectivity index (χ0n) is 8.13. The predicted octanol–water partition coefficient (Wildman–Crippen LogP) is -9.88. The number of rotatable bonds is 3. The summed E-state index contributed by atoms with van der Waals surface area (Å²) in [4.78, 5) is 10.00. The molecule has 0 aromatic rings. The molecular formula is C6H12ClNNa2O2. The first-order valence-corrected chi connectivity index (χ1v) is 3.00. The molecule has 0 aromatic heterocycles.